The van der Waals surface area contributed by atoms with Crippen molar-refractivity contribution in [2.75, 3.05) is 31.6 Å². The van der Waals surface area contributed by atoms with E-state index in [9.17, 15) is 23.3 Å². The van der Waals surface area contributed by atoms with Crippen molar-refractivity contribution in [3.8, 4) is 0 Å². The minimum absolute atomic E-state index is 0.0273. The largest absolute Gasteiger partial charge is 0.379 e. The number of anilines is 1. The number of hydrogen-bond acceptors (Lipinski definition) is 6. The summed E-state index contributed by atoms with van der Waals surface area (Å²) in [7, 11) is -3.71. The molecule has 2 aromatic carbocycles. The van der Waals surface area contributed by atoms with E-state index in [2.05, 4.69) is 10.6 Å². The molecule has 0 aliphatic carbocycles. The van der Waals surface area contributed by atoms with Gasteiger partial charge in [0.05, 0.1) is 23.0 Å². The van der Waals surface area contributed by atoms with Crippen LogP contribution < -0.4 is 10.6 Å². The summed E-state index contributed by atoms with van der Waals surface area (Å²) >= 11 is 0. The van der Waals surface area contributed by atoms with Gasteiger partial charge in [-0.3, -0.25) is 10.1 Å². The van der Waals surface area contributed by atoms with E-state index in [4.69, 9.17) is 4.74 Å². The molecule has 0 radical (unpaired) electrons. The summed E-state index contributed by atoms with van der Waals surface area (Å²) in [6.07, 6.45) is 0. The number of non-ortho nitro benzene ring substituents is 1. The fourth-order valence-electron chi connectivity index (χ4n) is 2.88. The van der Waals surface area contributed by atoms with E-state index < -0.39 is 21.0 Å². The van der Waals surface area contributed by atoms with Crippen molar-refractivity contribution >= 4 is 27.4 Å². The van der Waals surface area contributed by atoms with Crippen molar-refractivity contribution in [3.05, 3.63) is 64.2 Å². The molecular weight excluding hydrogens is 400 g/mol. The van der Waals surface area contributed by atoms with Crippen LogP contribution in [-0.4, -0.2) is 50.0 Å². The zero-order chi connectivity index (χ0) is 20.9. The number of nitro benzene ring substituents is 1. The molecule has 2 aromatic rings. The van der Waals surface area contributed by atoms with Crippen molar-refractivity contribution in [2.45, 2.75) is 11.4 Å². The number of nitro groups is 1. The lowest BCUT2D eigenvalue weighted by Gasteiger charge is -2.27. The van der Waals surface area contributed by atoms with Gasteiger partial charge in [-0.05, 0) is 17.7 Å². The van der Waals surface area contributed by atoms with E-state index in [1.54, 1.807) is 18.2 Å². The Bertz CT molecular complexity index is 1000. The zero-order valence-corrected chi connectivity index (χ0v) is 16.2. The maximum Gasteiger partial charge on any atom is 0.319 e. The maximum absolute atomic E-state index is 12.9. The van der Waals surface area contributed by atoms with E-state index in [1.807, 2.05) is 0 Å². The molecular formula is C18H20N4O6S. The van der Waals surface area contributed by atoms with Crippen LogP contribution in [0.5, 0.6) is 0 Å². The number of sulfonamides is 1. The number of nitrogens with zero attached hydrogens (tertiary/aromatic N) is 2. The monoisotopic (exact) mass is 420 g/mol. The third-order valence-corrected chi connectivity index (χ3v) is 6.31. The number of carbonyl (C=O) groups is 1. The van der Waals surface area contributed by atoms with Crippen LogP contribution in [0.15, 0.2) is 53.4 Å². The summed E-state index contributed by atoms with van der Waals surface area (Å²) in [4.78, 5) is 22.5. The predicted octanol–water partition coefficient (Wildman–Crippen LogP) is 1.94. The first-order valence-electron chi connectivity index (χ1n) is 8.83. The molecule has 0 unspecified atom stereocenters. The highest BCUT2D eigenvalue weighted by molar-refractivity contribution is 7.89. The summed E-state index contributed by atoms with van der Waals surface area (Å²) in [5.41, 5.74) is 0.545. The molecule has 0 saturated carbocycles. The Labute approximate surface area is 167 Å². The molecule has 154 valence electrons. The van der Waals surface area contributed by atoms with Crippen molar-refractivity contribution in [3.63, 3.8) is 0 Å². The molecule has 1 aliphatic rings. The van der Waals surface area contributed by atoms with Crippen molar-refractivity contribution in [1.29, 1.82) is 0 Å². The van der Waals surface area contributed by atoms with Crippen LogP contribution in [0.2, 0.25) is 0 Å². The number of hydrogen-bond donors (Lipinski definition) is 2. The minimum Gasteiger partial charge on any atom is -0.379 e. The van der Waals surface area contributed by atoms with Crippen LogP contribution in [0.1, 0.15) is 5.56 Å². The first kappa shape index (κ1) is 20.7. The number of benzene rings is 2. The number of urea groups is 1. The Morgan fingerprint density at radius 3 is 2.59 bits per heavy atom. The predicted molar refractivity (Wildman–Crippen MR) is 105 cm³/mol. The minimum atomic E-state index is -3.71. The quantitative estimate of drug-likeness (QED) is 0.542. The molecule has 2 amide bonds. The lowest BCUT2D eigenvalue weighted by Crippen LogP contribution is -2.41. The van der Waals surface area contributed by atoms with Gasteiger partial charge in [-0.25, -0.2) is 13.2 Å². The molecule has 0 bridgehead atoms. The van der Waals surface area contributed by atoms with E-state index in [0.717, 1.165) is 0 Å². The molecule has 10 nitrogen and oxygen atoms in total. The number of nitrogens with one attached hydrogen (secondary N) is 2. The van der Waals surface area contributed by atoms with Crippen molar-refractivity contribution in [2.24, 2.45) is 0 Å². The van der Waals surface area contributed by atoms with Crippen LogP contribution in [0.25, 0.3) is 0 Å². The van der Waals surface area contributed by atoms with Crippen molar-refractivity contribution in [1.82, 2.24) is 9.62 Å². The fraction of sp³-hybridized carbons (Fsp3) is 0.278. The SMILES string of the molecule is O=C(NCc1ccccc1S(=O)(=O)N1CCOCC1)Nc1cccc([N+](=O)[O-])c1. The van der Waals surface area contributed by atoms with E-state index in [1.165, 1.54) is 34.6 Å². The number of morpholine rings is 1. The van der Waals surface area contributed by atoms with Gasteiger partial charge in [-0.15, -0.1) is 0 Å². The van der Waals surface area contributed by atoms with Gasteiger partial charge in [-0.2, -0.15) is 4.31 Å². The Hall–Kier alpha value is -3.02. The first-order valence-corrected chi connectivity index (χ1v) is 10.3. The zero-order valence-electron chi connectivity index (χ0n) is 15.4. The first-order chi connectivity index (χ1) is 13.9. The molecule has 0 aromatic heterocycles. The topological polar surface area (TPSA) is 131 Å². The average molecular weight is 420 g/mol. The molecule has 1 fully saturated rings. The number of rotatable bonds is 6. The van der Waals surface area contributed by atoms with E-state index in [0.29, 0.717) is 18.8 Å². The van der Waals surface area contributed by atoms with Gasteiger partial charge in [0.1, 0.15) is 0 Å². The third kappa shape index (κ3) is 5.08. The highest BCUT2D eigenvalue weighted by atomic mass is 32.2. The second-order valence-corrected chi connectivity index (χ2v) is 8.15. The van der Waals surface area contributed by atoms with Crippen LogP contribution in [0.4, 0.5) is 16.2 Å². The highest BCUT2D eigenvalue weighted by Crippen LogP contribution is 2.21. The standard InChI is InChI=1S/C18H20N4O6S/c23-18(20-15-5-3-6-16(12-15)22(24)25)19-13-14-4-1-2-7-17(14)29(26,27)21-8-10-28-11-9-21/h1-7,12H,8-11,13H2,(H2,19,20,23). The highest BCUT2D eigenvalue weighted by Gasteiger charge is 2.28. The van der Waals surface area contributed by atoms with Gasteiger partial charge in [-0.1, -0.05) is 24.3 Å². The van der Waals surface area contributed by atoms with Gasteiger partial charge in [0.15, 0.2) is 0 Å². The van der Waals surface area contributed by atoms with Gasteiger partial charge in [0.2, 0.25) is 10.0 Å². The lowest BCUT2D eigenvalue weighted by atomic mass is 10.2. The lowest BCUT2D eigenvalue weighted by molar-refractivity contribution is -0.384. The summed E-state index contributed by atoms with van der Waals surface area (Å²) in [6, 6.07) is 11.4. The third-order valence-electron chi connectivity index (χ3n) is 4.31. The summed E-state index contributed by atoms with van der Waals surface area (Å²) in [5.74, 6) is 0. The summed E-state index contributed by atoms with van der Waals surface area (Å²) in [5, 5.41) is 15.9. The molecule has 0 atom stereocenters. The molecule has 1 heterocycles. The normalized spacial score (nSPS) is 14.9. The second kappa shape index (κ2) is 8.99. The summed E-state index contributed by atoms with van der Waals surface area (Å²) < 4.78 is 32.4. The molecule has 3 rings (SSSR count). The Kier molecular flexibility index (Phi) is 6.42. The molecule has 0 spiro atoms. The van der Waals surface area contributed by atoms with Crippen molar-refractivity contribution < 1.29 is 22.9 Å². The maximum atomic E-state index is 12.9. The van der Waals surface area contributed by atoms with E-state index in [-0.39, 0.29) is 35.9 Å². The van der Waals surface area contributed by atoms with Crippen LogP contribution in [-0.2, 0) is 21.3 Å². The molecule has 1 aliphatic heterocycles. The van der Waals surface area contributed by atoms with Crippen LogP contribution in [0, 0.1) is 10.1 Å². The molecule has 1 saturated heterocycles. The van der Waals surface area contributed by atoms with Crippen LogP contribution in [0.3, 0.4) is 0 Å². The Balaban J connectivity index is 1.69. The Morgan fingerprint density at radius 1 is 1.14 bits per heavy atom. The molecule has 11 heteroatoms. The molecule has 29 heavy (non-hydrogen) atoms. The number of ether oxygens (including phenoxy) is 1. The van der Waals surface area contributed by atoms with Crippen LogP contribution >= 0.6 is 0 Å². The Morgan fingerprint density at radius 2 is 1.86 bits per heavy atom. The second-order valence-electron chi connectivity index (χ2n) is 6.24. The van der Waals surface area contributed by atoms with Gasteiger partial charge in [0.25, 0.3) is 5.69 Å². The summed E-state index contributed by atoms with van der Waals surface area (Å²) in [6.45, 7) is 1.20. The number of carbonyl (C=O) groups excluding carboxylic acids is 1. The fourth-order valence-corrected chi connectivity index (χ4v) is 4.51. The molecule has 2 N–H and O–H groups in total. The van der Waals surface area contributed by atoms with E-state index >= 15 is 0 Å². The van der Waals surface area contributed by atoms with Gasteiger partial charge < -0.3 is 15.4 Å². The number of amides is 2. The average Bonchev–Trinajstić information content (AvgIpc) is 2.73. The smallest absolute Gasteiger partial charge is 0.319 e. The van der Waals surface area contributed by atoms with Gasteiger partial charge in [0, 0.05) is 37.5 Å². The van der Waals surface area contributed by atoms with Gasteiger partial charge >= 0.3 is 6.03 Å².